The van der Waals surface area contributed by atoms with Gasteiger partial charge in [0.1, 0.15) is 12.1 Å². The number of nitrogens with zero attached hydrogens (tertiary/aromatic N) is 1. The summed E-state index contributed by atoms with van der Waals surface area (Å²) >= 11 is 0. The zero-order chi connectivity index (χ0) is 13.6. The Kier molecular flexibility index (Phi) is 6.73. The van der Waals surface area contributed by atoms with E-state index in [0.29, 0.717) is 6.42 Å². The van der Waals surface area contributed by atoms with Gasteiger partial charge >= 0.3 is 5.97 Å². The molecule has 4 nitrogen and oxygen atoms in total. The number of hydrogen-bond donors (Lipinski definition) is 0. The fourth-order valence-corrected chi connectivity index (χ4v) is 1.97. The van der Waals surface area contributed by atoms with Crippen molar-refractivity contribution in [2.75, 3.05) is 14.1 Å². The molecule has 0 aromatic rings. The van der Waals surface area contributed by atoms with Gasteiger partial charge in [0.05, 0.1) is 0 Å². The van der Waals surface area contributed by atoms with E-state index in [2.05, 4.69) is 6.58 Å². The Morgan fingerprint density at radius 1 is 1.35 bits per heavy atom. The van der Waals surface area contributed by atoms with Gasteiger partial charge in [0.2, 0.25) is 0 Å². The standard InChI is InChI=1S/C13H23NO3/c1-7-8-9(2)13(17-11(4)16)12(10(3)15)14(5)6/h7,9,12-13H,1,8H2,2-6H3/t9-,12-,13?/m1/s1. The maximum atomic E-state index is 11.7. The van der Waals surface area contributed by atoms with Crippen molar-refractivity contribution in [2.45, 2.75) is 39.3 Å². The van der Waals surface area contributed by atoms with Crippen LogP contribution < -0.4 is 0 Å². The first-order valence-corrected chi connectivity index (χ1v) is 5.76. The Morgan fingerprint density at radius 3 is 2.18 bits per heavy atom. The molecule has 0 amide bonds. The number of esters is 1. The highest BCUT2D eigenvalue weighted by molar-refractivity contribution is 5.82. The number of allylic oxidation sites excluding steroid dienone is 1. The Labute approximate surface area is 104 Å². The Morgan fingerprint density at radius 2 is 1.88 bits per heavy atom. The monoisotopic (exact) mass is 241 g/mol. The Balaban J connectivity index is 5.03. The third-order valence-electron chi connectivity index (χ3n) is 2.69. The number of ether oxygens (including phenoxy) is 1. The molecule has 0 aliphatic rings. The highest BCUT2D eigenvalue weighted by atomic mass is 16.5. The van der Waals surface area contributed by atoms with Gasteiger partial charge < -0.3 is 4.74 Å². The lowest BCUT2D eigenvalue weighted by molar-refractivity contribution is -0.154. The highest BCUT2D eigenvalue weighted by Gasteiger charge is 2.33. The van der Waals surface area contributed by atoms with Crippen LogP contribution in [0.5, 0.6) is 0 Å². The largest absolute Gasteiger partial charge is 0.460 e. The zero-order valence-electron chi connectivity index (χ0n) is 11.4. The molecule has 4 heteroatoms. The first-order valence-electron chi connectivity index (χ1n) is 5.76. The van der Waals surface area contributed by atoms with Crippen molar-refractivity contribution in [3.63, 3.8) is 0 Å². The van der Waals surface area contributed by atoms with Crippen molar-refractivity contribution < 1.29 is 14.3 Å². The molecule has 0 bridgehead atoms. The first kappa shape index (κ1) is 15.8. The smallest absolute Gasteiger partial charge is 0.302 e. The third-order valence-corrected chi connectivity index (χ3v) is 2.69. The molecule has 0 heterocycles. The first-order chi connectivity index (χ1) is 7.81. The topological polar surface area (TPSA) is 46.6 Å². The summed E-state index contributed by atoms with van der Waals surface area (Å²) in [5, 5.41) is 0. The number of carbonyl (C=O) groups is 2. The summed E-state index contributed by atoms with van der Waals surface area (Å²) < 4.78 is 5.30. The van der Waals surface area contributed by atoms with Crippen LogP contribution in [0.25, 0.3) is 0 Å². The van der Waals surface area contributed by atoms with Gasteiger partial charge in [0, 0.05) is 6.92 Å². The molecule has 0 rings (SSSR count). The molecular formula is C13H23NO3. The van der Waals surface area contributed by atoms with E-state index in [0.717, 1.165) is 0 Å². The molecule has 17 heavy (non-hydrogen) atoms. The van der Waals surface area contributed by atoms with E-state index < -0.39 is 12.1 Å². The van der Waals surface area contributed by atoms with E-state index in [9.17, 15) is 9.59 Å². The number of rotatable bonds is 7. The lowest BCUT2D eigenvalue weighted by Crippen LogP contribution is -2.49. The molecule has 0 saturated heterocycles. The van der Waals surface area contributed by atoms with Crippen LogP contribution in [-0.4, -0.2) is 42.9 Å². The van der Waals surface area contributed by atoms with Gasteiger partial charge in [-0.25, -0.2) is 0 Å². The highest BCUT2D eigenvalue weighted by Crippen LogP contribution is 2.19. The van der Waals surface area contributed by atoms with Crippen LogP contribution in [0.2, 0.25) is 0 Å². The summed E-state index contributed by atoms with van der Waals surface area (Å²) in [6.07, 6.45) is 2.04. The van der Waals surface area contributed by atoms with E-state index in [-0.39, 0.29) is 17.7 Å². The van der Waals surface area contributed by atoms with Gasteiger partial charge in [0.25, 0.3) is 0 Å². The molecule has 3 atom stereocenters. The van der Waals surface area contributed by atoms with Crippen LogP contribution in [0.3, 0.4) is 0 Å². The van der Waals surface area contributed by atoms with Crippen LogP contribution in [0.15, 0.2) is 12.7 Å². The van der Waals surface area contributed by atoms with Gasteiger partial charge in [0.15, 0.2) is 5.78 Å². The van der Waals surface area contributed by atoms with Gasteiger partial charge in [-0.05, 0) is 33.4 Å². The van der Waals surface area contributed by atoms with Crippen molar-refractivity contribution in [1.29, 1.82) is 0 Å². The van der Waals surface area contributed by atoms with Crippen molar-refractivity contribution >= 4 is 11.8 Å². The molecule has 1 unspecified atom stereocenters. The molecule has 0 aliphatic heterocycles. The van der Waals surface area contributed by atoms with Gasteiger partial charge in [-0.1, -0.05) is 13.0 Å². The van der Waals surface area contributed by atoms with Crippen LogP contribution in [0.1, 0.15) is 27.2 Å². The van der Waals surface area contributed by atoms with E-state index in [4.69, 9.17) is 4.74 Å². The third kappa shape index (κ3) is 5.13. The molecule has 0 fully saturated rings. The minimum absolute atomic E-state index is 0.00263. The molecule has 0 spiro atoms. The second-order valence-electron chi connectivity index (χ2n) is 4.59. The molecule has 0 aromatic carbocycles. The molecule has 0 radical (unpaired) electrons. The van der Waals surface area contributed by atoms with Crippen molar-refractivity contribution in [3.8, 4) is 0 Å². The molecule has 0 saturated carbocycles. The van der Waals surface area contributed by atoms with Gasteiger partial charge in [-0.2, -0.15) is 0 Å². The lowest BCUT2D eigenvalue weighted by atomic mass is 9.92. The van der Waals surface area contributed by atoms with E-state index in [1.165, 1.54) is 13.8 Å². The number of likely N-dealkylation sites (N-methyl/N-ethyl adjacent to an activating group) is 1. The van der Waals surface area contributed by atoms with Crippen molar-refractivity contribution in [1.82, 2.24) is 4.90 Å². The fourth-order valence-electron chi connectivity index (χ4n) is 1.97. The van der Waals surface area contributed by atoms with E-state index in [1.807, 2.05) is 21.0 Å². The zero-order valence-corrected chi connectivity index (χ0v) is 11.4. The second kappa shape index (κ2) is 7.22. The predicted octanol–water partition coefficient (Wildman–Crippen LogP) is 1.65. The van der Waals surface area contributed by atoms with Gasteiger partial charge in [-0.3, -0.25) is 14.5 Å². The van der Waals surface area contributed by atoms with Gasteiger partial charge in [-0.15, -0.1) is 6.58 Å². The number of ketones is 1. The maximum Gasteiger partial charge on any atom is 0.302 e. The van der Waals surface area contributed by atoms with Crippen LogP contribution >= 0.6 is 0 Å². The summed E-state index contributed by atoms with van der Waals surface area (Å²) in [7, 11) is 3.62. The van der Waals surface area contributed by atoms with E-state index >= 15 is 0 Å². The predicted molar refractivity (Wildman–Crippen MR) is 67.7 cm³/mol. The molecule has 98 valence electrons. The SMILES string of the molecule is C=CC[C@@H](C)C(OC(C)=O)[C@@H](C(C)=O)N(C)C. The minimum Gasteiger partial charge on any atom is -0.460 e. The summed E-state index contributed by atoms with van der Waals surface area (Å²) in [6, 6.07) is -0.408. The molecule has 0 aliphatic carbocycles. The van der Waals surface area contributed by atoms with E-state index in [1.54, 1.807) is 11.0 Å². The summed E-state index contributed by atoms with van der Waals surface area (Å²) in [5.74, 6) is -0.302. The van der Waals surface area contributed by atoms with Crippen molar-refractivity contribution in [2.24, 2.45) is 5.92 Å². The fraction of sp³-hybridized carbons (Fsp3) is 0.692. The number of carbonyl (C=O) groups excluding carboxylic acids is 2. The van der Waals surface area contributed by atoms with Crippen LogP contribution in [-0.2, 0) is 14.3 Å². The summed E-state index contributed by atoms with van der Waals surface area (Å²) in [6.45, 7) is 8.50. The van der Waals surface area contributed by atoms with Crippen molar-refractivity contribution in [3.05, 3.63) is 12.7 Å². The average Bonchev–Trinajstić information content (AvgIpc) is 2.15. The lowest BCUT2D eigenvalue weighted by Gasteiger charge is -2.33. The molecular weight excluding hydrogens is 218 g/mol. The maximum absolute atomic E-state index is 11.7. The summed E-state index contributed by atoms with van der Waals surface area (Å²) in [4.78, 5) is 24.6. The number of Topliss-reactive ketones (excluding diaryl/α,β-unsaturated/α-hetero) is 1. The normalized spacial score (nSPS) is 16.1. The Hall–Kier alpha value is -1.16. The van der Waals surface area contributed by atoms with Crippen LogP contribution in [0, 0.1) is 5.92 Å². The quantitative estimate of drug-likeness (QED) is 0.502. The number of hydrogen-bond acceptors (Lipinski definition) is 4. The Bertz CT molecular complexity index is 286. The minimum atomic E-state index is -0.432. The molecule has 0 aromatic heterocycles. The average molecular weight is 241 g/mol. The van der Waals surface area contributed by atoms with Crippen LogP contribution in [0.4, 0.5) is 0 Å². The summed E-state index contributed by atoms with van der Waals surface area (Å²) in [5.41, 5.74) is 0. The second-order valence-corrected chi connectivity index (χ2v) is 4.59. The molecule has 0 N–H and O–H groups in total.